The zero-order valence-corrected chi connectivity index (χ0v) is 7.04. The van der Waals surface area contributed by atoms with E-state index in [2.05, 4.69) is 0 Å². The monoisotopic (exact) mass is 159 g/mol. The fourth-order valence-corrected chi connectivity index (χ4v) is 1.60. The summed E-state index contributed by atoms with van der Waals surface area (Å²) in [6.45, 7) is 0.697. The molecule has 0 aliphatic heterocycles. The van der Waals surface area contributed by atoms with Gasteiger partial charge in [0.1, 0.15) is 0 Å². The highest BCUT2D eigenvalue weighted by molar-refractivity contribution is 7.80. The minimum absolute atomic E-state index is 0.0596. The van der Waals surface area contributed by atoms with Crippen molar-refractivity contribution in [1.82, 2.24) is 0 Å². The predicted octanol–water partition coefficient (Wildman–Crippen LogP) is 1.09. The van der Waals surface area contributed by atoms with Crippen LogP contribution in [0.2, 0.25) is 0 Å². The van der Waals surface area contributed by atoms with Crippen LogP contribution >= 0.6 is 12.2 Å². The Morgan fingerprint density at radius 2 is 2.30 bits per heavy atom. The maximum absolute atomic E-state index is 5.57. The second kappa shape index (κ2) is 2.84. The van der Waals surface area contributed by atoms with E-state index in [0.29, 0.717) is 11.6 Å². The summed E-state index contributed by atoms with van der Waals surface area (Å²) in [5, 5.41) is 0. The van der Waals surface area contributed by atoms with Crippen LogP contribution in [0.1, 0.15) is 19.3 Å². The molecule has 1 rings (SSSR count). The Morgan fingerprint density at radius 1 is 1.70 bits per heavy atom. The lowest BCUT2D eigenvalue weighted by molar-refractivity contribution is 0.0723. The second-order valence-electron chi connectivity index (χ2n) is 2.93. The van der Waals surface area contributed by atoms with Crippen molar-refractivity contribution in [3.8, 4) is 0 Å². The number of thiocarbonyl (C=S) groups is 1. The molecule has 1 fully saturated rings. The van der Waals surface area contributed by atoms with Crippen LogP contribution in [-0.4, -0.2) is 18.7 Å². The van der Waals surface area contributed by atoms with E-state index in [1.807, 2.05) is 0 Å². The molecule has 0 aromatic rings. The minimum Gasteiger partial charge on any atom is -0.393 e. The van der Waals surface area contributed by atoms with E-state index in [1.54, 1.807) is 7.11 Å². The normalized spacial score (nSPS) is 21.7. The molecule has 0 aromatic carbocycles. The van der Waals surface area contributed by atoms with Crippen molar-refractivity contribution in [2.75, 3.05) is 13.7 Å². The largest absolute Gasteiger partial charge is 0.393 e. The highest BCUT2D eigenvalue weighted by Crippen LogP contribution is 2.41. The van der Waals surface area contributed by atoms with Gasteiger partial charge in [-0.25, -0.2) is 0 Å². The molecule has 2 nitrogen and oxygen atoms in total. The van der Waals surface area contributed by atoms with Crippen molar-refractivity contribution in [3.05, 3.63) is 0 Å². The third-order valence-electron chi connectivity index (χ3n) is 2.25. The summed E-state index contributed by atoms with van der Waals surface area (Å²) in [6, 6.07) is 0. The summed E-state index contributed by atoms with van der Waals surface area (Å²) >= 11 is 4.94. The zero-order chi connectivity index (χ0) is 7.61. The number of nitrogens with two attached hydrogens (primary N) is 1. The molecule has 0 bridgehead atoms. The summed E-state index contributed by atoms with van der Waals surface area (Å²) in [7, 11) is 1.69. The topological polar surface area (TPSA) is 35.2 Å². The molecule has 1 saturated carbocycles. The molecule has 3 heteroatoms. The van der Waals surface area contributed by atoms with Crippen LogP contribution in [0.25, 0.3) is 0 Å². The molecule has 0 saturated heterocycles. The Morgan fingerprint density at radius 3 is 2.40 bits per heavy atom. The lowest BCUT2D eigenvalue weighted by Gasteiger charge is -2.40. The quantitative estimate of drug-likeness (QED) is 0.626. The molecule has 0 amide bonds. The Bertz CT molecular complexity index is 143. The molecule has 0 atom stereocenters. The smallest absolute Gasteiger partial charge is 0.0813 e. The van der Waals surface area contributed by atoms with Crippen LogP contribution < -0.4 is 5.73 Å². The van der Waals surface area contributed by atoms with Gasteiger partial charge in [-0.15, -0.1) is 0 Å². The molecule has 0 unspecified atom stereocenters. The summed E-state index contributed by atoms with van der Waals surface area (Å²) in [4.78, 5) is 0.626. The van der Waals surface area contributed by atoms with E-state index in [-0.39, 0.29) is 5.41 Å². The average molecular weight is 159 g/mol. The van der Waals surface area contributed by atoms with Gasteiger partial charge in [0.25, 0.3) is 0 Å². The first-order valence-corrected chi connectivity index (χ1v) is 3.91. The molecule has 0 spiro atoms. The molecule has 10 heavy (non-hydrogen) atoms. The molecule has 0 heterocycles. The van der Waals surface area contributed by atoms with Crippen LogP contribution in [0.15, 0.2) is 0 Å². The third kappa shape index (κ3) is 1.16. The summed E-state index contributed by atoms with van der Waals surface area (Å²) < 4.78 is 5.04. The first-order chi connectivity index (χ1) is 4.71. The van der Waals surface area contributed by atoms with E-state index in [9.17, 15) is 0 Å². The van der Waals surface area contributed by atoms with Crippen LogP contribution in [0.3, 0.4) is 0 Å². The Balaban J connectivity index is 2.50. The fourth-order valence-electron chi connectivity index (χ4n) is 1.34. The lowest BCUT2D eigenvalue weighted by Crippen LogP contribution is -2.44. The van der Waals surface area contributed by atoms with Gasteiger partial charge >= 0.3 is 0 Å². The summed E-state index contributed by atoms with van der Waals surface area (Å²) in [5.41, 5.74) is 5.63. The number of hydrogen-bond donors (Lipinski definition) is 1. The predicted molar refractivity (Wildman–Crippen MR) is 44.9 cm³/mol. The number of rotatable bonds is 3. The number of ether oxygens (including phenoxy) is 1. The van der Waals surface area contributed by atoms with Gasteiger partial charge in [-0.3, -0.25) is 0 Å². The Labute approximate surface area is 66.7 Å². The minimum atomic E-state index is 0.0596. The van der Waals surface area contributed by atoms with Crippen molar-refractivity contribution in [2.24, 2.45) is 11.1 Å². The van der Waals surface area contributed by atoms with E-state index in [0.717, 1.165) is 12.8 Å². The standard InChI is InChI=1S/C7H13NOS/c1-9-5-7(6(8)10)3-2-4-7/h2-5H2,1H3,(H2,8,10). The Kier molecular flexibility index (Phi) is 2.26. The zero-order valence-electron chi connectivity index (χ0n) is 6.22. The first kappa shape index (κ1) is 7.95. The molecular formula is C7H13NOS. The van der Waals surface area contributed by atoms with Gasteiger partial charge < -0.3 is 10.5 Å². The second-order valence-corrected chi connectivity index (χ2v) is 3.37. The number of hydrogen-bond acceptors (Lipinski definition) is 2. The van der Waals surface area contributed by atoms with E-state index < -0.39 is 0 Å². The molecule has 58 valence electrons. The number of methoxy groups -OCH3 is 1. The van der Waals surface area contributed by atoms with E-state index in [4.69, 9.17) is 22.7 Å². The highest BCUT2D eigenvalue weighted by atomic mass is 32.1. The van der Waals surface area contributed by atoms with Gasteiger partial charge in [0, 0.05) is 12.5 Å². The van der Waals surface area contributed by atoms with Gasteiger partial charge in [-0.1, -0.05) is 18.6 Å². The van der Waals surface area contributed by atoms with Crippen molar-refractivity contribution < 1.29 is 4.74 Å². The third-order valence-corrected chi connectivity index (χ3v) is 2.69. The highest BCUT2D eigenvalue weighted by Gasteiger charge is 2.39. The molecule has 0 radical (unpaired) electrons. The van der Waals surface area contributed by atoms with Gasteiger partial charge in [0.2, 0.25) is 0 Å². The molecule has 1 aliphatic carbocycles. The molecule has 0 aromatic heterocycles. The van der Waals surface area contributed by atoms with Crippen molar-refractivity contribution >= 4 is 17.2 Å². The average Bonchev–Trinajstić information content (AvgIpc) is 1.77. The van der Waals surface area contributed by atoms with Gasteiger partial charge in [-0.2, -0.15) is 0 Å². The van der Waals surface area contributed by atoms with Crippen LogP contribution in [-0.2, 0) is 4.74 Å². The maximum atomic E-state index is 5.57. The fraction of sp³-hybridized carbons (Fsp3) is 0.857. The van der Waals surface area contributed by atoms with Crippen molar-refractivity contribution in [1.29, 1.82) is 0 Å². The Hall–Kier alpha value is -0.150. The van der Waals surface area contributed by atoms with Crippen LogP contribution in [0.4, 0.5) is 0 Å². The van der Waals surface area contributed by atoms with Gasteiger partial charge in [0.15, 0.2) is 0 Å². The van der Waals surface area contributed by atoms with Crippen LogP contribution in [0.5, 0.6) is 0 Å². The summed E-state index contributed by atoms with van der Waals surface area (Å²) in [5.74, 6) is 0. The van der Waals surface area contributed by atoms with Crippen molar-refractivity contribution in [3.63, 3.8) is 0 Å². The van der Waals surface area contributed by atoms with Gasteiger partial charge in [0.05, 0.1) is 11.6 Å². The lowest BCUT2D eigenvalue weighted by atomic mass is 9.69. The maximum Gasteiger partial charge on any atom is 0.0813 e. The van der Waals surface area contributed by atoms with Crippen LogP contribution in [0, 0.1) is 5.41 Å². The first-order valence-electron chi connectivity index (χ1n) is 3.50. The van der Waals surface area contributed by atoms with Gasteiger partial charge in [-0.05, 0) is 12.8 Å². The molecular weight excluding hydrogens is 146 g/mol. The molecule has 2 N–H and O–H groups in total. The summed E-state index contributed by atoms with van der Waals surface area (Å²) in [6.07, 6.45) is 3.45. The van der Waals surface area contributed by atoms with Crippen molar-refractivity contribution in [2.45, 2.75) is 19.3 Å². The van der Waals surface area contributed by atoms with E-state index in [1.165, 1.54) is 6.42 Å². The molecule has 1 aliphatic rings. The SMILES string of the molecule is COCC1(C(N)=S)CCC1. The van der Waals surface area contributed by atoms with E-state index >= 15 is 0 Å².